The van der Waals surface area contributed by atoms with E-state index in [4.69, 9.17) is 4.74 Å². The highest BCUT2D eigenvalue weighted by Crippen LogP contribution is 2.36. The molecule has 0 amide bonds. The number of fused-ring (bicyclic) bond motifs is 1. The number of aliphatic hydroxyl groups is 3. The lowest BCUT2D eigenvalue weighted by Gasteiger charge is -2.18. The van der Waals surface area contributed by atoms with Gasteiger partial charge in [-0.25, -0.2) is 15.0 Å². The van der Waals surface area contributed by atoms with Gasteiger partial charge in [0.25, 0.3) is 0 Å². The molecule has 9 nitrogen and oxygen atoms in total. The van der Waals surface area contributed by atoms with E-state index < -0.39 is 24.5 Å². The van der Waals surface area contributed by atoms with Crippen molar-refractivity contribution in [2.24, 2.45) is 0 Å². The fourth-order valence-corrected chi connectivity index (χ4v) is 3.44. The zero-order valence-electron chi connectivity index (χ0n) is 14.2. The topological polar surface area (TPSA) is 126 Å². The Labute approximate surface area is 149 Å². The van der Waals surface area contributed by atoms with Gasteiger partial charge in [0.1, 0.15) is 24.6 Å². The molecule has 2 aromatic rings. The number of nitrogens with one attached hydrogen (secondary N) is 1. The average Bonchev–Trinajstić information content (AvgIpc) is 3.13. The highest BCUT2D eigenvalue weighted by atomic mass is 32.2. The zero-order chi connectivity index (χ0) is 18.0. The number of aromatic nitrogens is 4. The number of hydrogen-bond acceptors (Lipinski definition) is 9. The molecule has 1 saturated heterocycles. The van der Waals surface area contributed by atoms with E-state index in [2.05, 4.69) is 27.2 Å². The van der Waals surface area contributed by atoms with Gasteiger partial charge in [-0.05, 0) is 12.7 Å². The number of aliphatic hydroxyl groups excluding tert-OH is 3. The Hall–Kier alpha value is -1.46. The van der Waals surface area contributed by atoms with E-state index in [1.165, 1.54) is 18.1 Å². The second-order valence-electron chi connectivity index (χ2n) is 5.87. The number of hydrogen-bond donors (Lipinski definition) is 4. The van der Waals surface area contributed by atoms with Crippen molar-refractivity contribution in [2.75, 3.05) is 24.7 Å². The number of rotatable bonds is 7. The summed E-state index contributed by atoms with van der Waals surface area (Å²) in [4.78, 5) is 13.1. The Bertz CT molecular complexity index is 727. The predicted molar refractivity (Wildman–Crippen MR) is 93.5 cm³/mol. The first-order valence-electron chi connectivity index (χ1n) is 8.25. The summed E-state index contributed by atoms with van der Waals surface area (Å²) in [5.74, 6) is 0.624. The third-order valence-corrected chi connectivity index (χ3v) is 4.87. The van der Waals surface area contributed by atoms with Crippen LogP contribution < -0.4 is 5.32 Å². The zero-order valence-corrected chi connectivity index (χ0v) is 15.0. The molecule has 0 radical (unpaired) electrons. The third-order valence-electron chi connectivity index (χ3n) is 4.22. The smallest absolute Gasteiger partial charge is 0.172 e. The fraction of sp³-hybridized carbons (Fsp3) is 0.667. The number of ether oxygens (including phenoxy) is 1. The molecule has 4 N–H and O–H groups in total. The van der Waals surface area contributed by atoms with Gasteiger partial charge in [0.05, 0.1) is 6.61 Å². The van der Waals surface area contributed by atoms with Crippen molar-refractivity contribution in [1.29, 1.82) is 0 Å². The SMILES string of the molecule is CCCCNc1ncnc2c1nc(SC)n2[C@@H]1O[C@H](CO)[C@@H](O)[C@H]1O. The van der Waals surface area contributed by atoms with Crippen molar-refractivity contribution < 1.29 is 20.1 Å². The molecule has 3 rings (SSSR count). The first-order chi connectivity index (χ1) is 12.1. The summed E-state index contributed by atoms with van der Waals surface area (Å²) >= 11 is 1.38. The molecule has 1 aliphatic rings. The summed E-state index contributed by atoms with van der Waals surface area (Å²) in [6, 6.07) is 0. The first-order valence-corrected chi connectivity index (χ1v) is 9.48. The van der Waals surface area contributed by atoms with Crippen molar-refractivity contribution in [3.8, 4) is 0 Å². The van der Waals surface area contributed by atoms with Crippen LogP contribution in [0.4, 0.5) is 5.82 Å². The van der Waals surface area contributed by atoms with E-state index in [1.54, 1.807) is 4.57 Å². The van der Waals surface area contributed by atoms with E-state index in [0.29, 0.717) is 22.1 Å². The van der Waals surface area contributed by atoms with Crippen LogP contribution in [-0.4, -0.2) is 72.6 Å². The molecule has 2 aromatic heterocycles. The molecule has 0 aliphatic carbocycles. The van der Waals surface area contributed by atoms with Crippen LogP contribution >= 0.6 is 11.8 Å². The lowest BCUT2D eigenvalue weighted by Crippen LogP contribution is -2.33. The monoisotopic (exact) mass is 369 g/mol. The largest absolute Gasteiger partial charge is 0.394 e. The van der Waals surface area contributed by atoms with Gasteiger partial charge in [-0.15, -0.1) is 0 Å². The molecular weight excluding hydrogens is 346 g/mol. The van der Waals surface area contributed by atoms with Gasteiger partial charge < -0.3 is 25.4 Å². The second kappa shape index (κ2) is 7.83. The van der Waals surface area contributed by atoms with Gasteiger partial charge in [-0.1, -0.05) is 25.1 Å². The van der Waals surface area contributed by atoms with Crippen molar-refractivity contribution in [3.63, 3.8) is 0 Å². The minimum Gasteiger partial charge on any atom is -0.394 e. The van der Waals surface area contributed by atoms with Crippen LogP contribution in [0.2, 0.25) is 0 Å². The van der Waals surface area contributed by atoms with Gasteiger partial charge in [-0.3, -0.25) is 4.57 Å². The molecule has 0 unspecified atom stereocenters. The second-order valence-corrected chi connectivity index (χ2v) is 6.65. The summed E-state index contributed by atoms with van der Waals surface area (Å²) in [7, 11) is 0. The molecule has 0 bridgehead atoms. The summed E-state index contributed by atoms with van der Waals surface area (Å²) < 4.78 is 7.30. The Kier molecular flexibility index (Phi) is 5.74. The summed E-state index contributed by atoms with van der Waals surface area (Å²) in [6.45, 7) is 2.51. The average molecular weight is 369 g/mol. The van der Waals surface area contributed by atoms with Crippen molar-refractivity contribution >= 4 is 28.7 Å². The Morgan fingerprint density at radius 3 is 2.76 bits per heavy atom. The minimum atomic E-state index is -1.19. The maximum absolute atomic E-state index is 10.3. The lowest BCUT2D eigenvalue weighted by atomic mass is 10.1. The summed E-state index contributed by atoms with van der Waals surface area (Å²) in [5, 5.41) is 33.5. The molecule has 10 heteroatoms. The maximum Gasteiger partial charge on any atom is 0.172 e. The fourth-order valence-electron chi connectivity index (χ4n) is 2.87. The molecule has 0 aromatic carbocycles. The molecular formula is C15H23N5O4S. The first kappa shape index (κ1) is 18.3. The van der Waals surface area contributed by atoms with Crippen molar-refractivity contribution in [2.45, 2.75) is 49.5 Å². The maximum atomic E-state index is 10.3. The van der Waals surface area contributed by atoms with Gasteiger partial charge in [0, 0.05) is 6.54 Å². The number of imidazole rings is 1. The molecule has 1 fully saturated rings. The number of nitrogens with zero attached hydrogens (tertiary/aromatic N) is 4. The van der Waals surface area contributed by atoms with Crippen LogP contribution in [0.5, 0.6) is 0 Å². The van der Waals surface area contributed by atoms with Crippen LogP contribution in [0.15, 0.2) is 11.5 Å². The van der Waals surface area contributed by atoms with Gasteiger partial charge in [0.2, 0.25) is 0 Å². The van der Waals surface area contributed by atoms with Crippen molar-refractivity contribution in [1.82, 2.24) is 19.5 Å². The minimum absolute atomic E-state index is 0.380. The van der Waals surface area contributed by atoms with E-state index >= 15 is 0 Å². The van der Waals surface area contributed by atoms with E-state index in [1.807, 2.05) is 6.26 Å². The summed E-state index contributed by atoms with van der Waals surface area (Å²) in [5.41, 5.74) is 1.09. The highest BCUT2D eigenvalue weighted by Gasteiger charge is 2.44. The van der Waals surface area contributed by atoms with Gasteiger partial charge in [0.15, 0.2) is 28.4 Å². The van der Waals surface area contributed by atoms with Crippen LogP contribution in [-0.2, 0) is 4.74 Å². The number of thioether (sulfide) groups is 1. The molecule has 3 heterocycles. The van der Waals surface area contributed by atoms with Crippen LogP contribution in [0, 0.1) is 0 Å². The predicted octanol–water partition coefficient (Wildman–Crippen LogP) is 0.372. The van der Waals surface area contributed by atoms with E-state index in [9.17, 15) is 15.3 Å². The van der Waals surface area contributed by atoms with Crippen LogP contribution in [0.25, 0.3) is 11.2 Å². The van der Waals surface area contributed by atoms with E-state index in [-0.39, 0.29) is 6.61 Å². The van der Waals surface area contributed by atoms with Gasteiger partial charge >= 0.3 is 0 Å². The molecule has 0 saturated carbocycles. The third kappa shape index (κ3) is 3.32. The Morgan fingerprint density at radius 2 is 2.12 bits per heavy atom. The molecule has 138 valence electrons. The quantitative estimate of drug-likeness (QED) is 0.404. The standard InChI is InChI=1S/C15H23N5O4S/c1-3-4-5-16-12-9-13(18-7-17-12)20(15(19-9)25-2)14-11(23)10(22)8(6-21)24-14/h7-8,10-11,14,21-23H,3-6H2,1-2H3,(H,16,17,18)/t8-,10-,11-,14-/m1/s1. The van der Waals surface area contributed by atoms with Crippen LogP contribution in [0.1, 0.15) is 26.0 Å². The van der Waals surface area contributed by atoms with Gasteiger partial charge in [-0.2, -0.15) is 0 Å². The molecule has 1 aliphatic heterocycles. The normalized spacial score (nSPS) is 26.4. The molecule has 4 atom stereocenters. The van der Waals surface area contributed by atoms with Crippen LogP contribution in [0.3, 0.4) is 0 Å². The highest BCUT2D eigenvalue weighted by molar-refractivity contribution is 7.98. The van der Waals surface area contributed by atoms with E-state index in [0.717, 1.165) is 19.4 Å². The lowest BCUT2D eigenvalue weighted by molar-refractivity contribution is -0.0548. The van der Waals surface area contributed by atoms with Crippen molar-refractivity contribution in [3.05, 3.63) is 6.33 Å². The number of anilines is 1. The molecule has 25 heavy (non-hydrogen) atoms. The summed E-state index contributed by atoms with van der Waals surface area (Å²) in [6.07, 6.45) is 1.27. The Balaban J connectivity index is 2.02. The molecule has 0 spiro atoms. The Morgan fingerprint density at radius 1 is 1.32 bits per heavy atom. The number of unbranched alkanes of at least 4 members (excludes halogenated alkanes) is 1.